The van der Waals surface area contributed by atoms with Crippen LogP contribution in [0, 0.1) is 0 Å². The maximum Gasteiger partial charge on any atom is 0.142 e. The molecule has 18 heavy (non-hydrogen) atoms. The number of hydrogen-bond acceptors (Lipinski definition) is 1. The largest absolute Gasteiger partial charge is 0.299 e. The Hall–Kier alpha value is -2.41. The molecule has 0 atom stereocenters. The van der Waals surface area contributed by atoms with Gasteiger partial charge < -0.3 is 0 Å². The molecule has 0 radical (unpaired) electrons. The molecule has 0 fully saturated rings. The average molecular weight is 232 g/mol. The Morgan fingerprint density at radius 3 is 2.44 bits per heavy atom. The SMILES string of the molecule is O=CC=Cc1cccc2c1ccc1ccccc12. The molecule has 0 heterocycles. The van der Waals surface area contributed by atoms with Crippen LogP contribution < -0.4 is 0 Å². The third-order valence-corrected chi connectivity index (χ3v) is 3.17. The molecule has 1 heteroatoms. The molecule has 0 aliphatic heterocycles. The summed E-state index contributed by atoms with van der Waals surface area (Å²) in [6.07, 6.45) is 4.19. The van der Waals surface area contributed by atoms with Crippen molar-refractivity contribution >= 4 is 33.9 Å². The lowest BCUT2D eigenvalue weighted by Gasteiger charge is -2.06. The van der Waals surface area contributed by atoms with E-state index in [1.165, 1.54) is 27.6 Å². The number of hydrogen-bond donors (Lipinski definition) is 0. The minimum absolute atomic E-state index is 0.805. The van der Waals surface area contributed by atoms with Crippen LogP contribution in [0.2, 0.25) is 0 Å². The molecule has 0 saturated carbocycles. The lowest BCUT2D eigenvalue weighted by atomic mass is 9.98. The quantitative estimate of drug-likeness (QED) is 0.367. The van der Waals surface area contributed by atoms with Crippen LogP contribution in [0.15, 0.2) is 60.7 Å². The summed E-state index contributed by atoms with van der Waals surface area (Å²) in [6, 6.07) is 18.7. The smallest absolute Gasteiger partial charge is 0.142 e. The molecule has 0 N–H and O–H groups in total. The van der Waals surface area contributed by atoms with Gasteiger partial charge in [-0.3, -0.25) is 4.79 Å². The first-order valence-electron chi connectivity index (χ1n) is 5.92. The Morgan fingerprint density at radius 1 is 0.722 bits per heavy atom. The van der Waals surface area contributed by atoms with Gasteiger partial charge in [0, 0.05) is 0 Å². The molecular weight excluding hydrogens is 220 g/mol. The second-order valence-corrected chi connectivity index (χ2v) is 4.22. The molecular formula is C17H12O. The van der Waals surface area contributed by atoms with Crippen molar-refractivity contribution in [2.75, 3.05) is 0 Å². The van der Waals surface area contributed by atoms with Crippen molar-refractivity contribution in [1.29, 1.82) is 0 Å². The molecule has 0 bridgehead atoms. The number of rotatable bonds is 2. The van der Waals surface area contributed by atoms with Gasteiger partial charge in [-0.2, -0.15) is 0 Å². The van der Waals surface area contributed by atoms with E-state index in [4.69, 9.17) is 0 Å². The molecule has 0 amide bonds. The van der Waals surface area contributed by atoms with Crippen molar-refractivity contribution in [2.45, 2.75) is 0 Å². The first kappa shape index (κ1) is 10.7. The van der Waals surface area contributed by atoms with Gasteiger partial charge in [0.15, 0.2) is 0 Å². The highest BCUT2D eigenvalue weighted by Gasteiger charge is 2.01. The van der Waals surface area contributed by atoms with E-state index in [9.17, 15) is 4.79 Å². The van der Waals surface area contributed by atoms with Crippen LogP contribution in [0.25, 0.3) is 27.6 Å². The molecule has 0 aliphatic rings. The van der Waals surface area contributed by atoms with E-state index in [1.807, 2.05) is 24.3 Å². The third-order valence-electron chi connectivity index (χ3n) is 3.17. The molecule has 0 saturated heterocycles. The van der Waals surface area contributed by atoms with Crippen LogP contribution >= 0.6 is 0 Å². The van der Waals surface area contributed by atoms with Crippen molar-refractivity contribution in [2.24, 2.45) is 0 Å². The number of carbonyl (C=O) groups excluding carboxylic acids is 1. The van der Waals surface area contributed by atoms with Crippen molar-refractivity contribution in [3.05, 3.63) is 66.2 Å². The Morgan fingerprint density at radius 2 is 1.56 bits per heavy atom. The van der Waals surface area contributed by atoms with Crippen molar-refractivity contribution in [1.82, 2.24) is 0 Å². The second-order valence-electron chi connectivity index (χ2n) is 4.22. The Bertz CT molecular complexity index is 754. The van der Waals surface area contributed by atoms with Gasteiger partial charge >= 0.3 is 0 Å². The van der Waals surface area contributed by atoms with Crippen LogP contribution in [0.3, 0.4) is 0 Å². The number of allylic oxidation sites excluding steroid dienone is 1. The minimum Gasteiger partial charge on any atom is -0.299 e. The third kappa shape index (κ3) is 1.70. The second kappa shape index (κ2) is 4.46. The first-order chi connectivity index (χ1) is 8.90. The zero-order chi connectivity index (χ0) is 12.4. The van der Waals surface area contributed by atoms with Crippen LogP contribution in [0.5, 0.6) is 0 Å². The first-order valence-corrected chi connectivity index (χ1v) is 5.92. The van der Waals surface area contributed by atoms with Gasteiger partial charge in [0.05, 0.1) is 0 Å². The average Bonchev–Trinajstić information content (AvgIpc) is 2.44. The molecule has 3 rings (SSSR count). The molecule has 86 valence electrons. The summed E-state index contributed by atoms with van der Waals surface area (Å²) in [5, 5.41) is 4.88. The van der Waals surface area contributed by atoms with Crippen LogP contribution in [0.4, 0.5) is 0 Å². The van der Waals surface area contributed by atoms with Gasteiger partial charge in [-0.25, -0.2) is 0 Å². The molecule has 0 unspecified atom stereocenters. The van der Waals surface area contributed by atoms with Crippen molar-refractivity contribution in [3.8, 4) is 0 Å². The van der Waals surface area contributed by atoms with E-state index in [0.29, 0.717) is 0 Å². The van der Waals surface area contributed by atoms with E-state index < -0.39 is 0 Å². The lowest BCUT2D eigenvalue weighted by Crippen LogP contribution is -1.81. The molecule has 3 aromatic rings. The summed E-state index contributed by atoms with van der Waals surface area (Å²) in [6.45, 7) is 0. The molecule has 3 aromatic carbocycles. The van der Waals surface area contributed by atoms with Crippen LogP contribution in [-0.4, -0.2) is 6.29 Å². The zero-order valence-electron chi connectivity index (χ0n) is 9.84. The summed E-state index contributed by atoms with van der Waals surface area (Å²) in [5.74, 6) is 0. The molecule has 1 nitrogen and oxygen atoms in total. The zero-order valence-corrected chi connectivity index (χ0v) is 9.84. The topological polar surface area (TPSA) is 17.1 Å². The number of benzene rings is 3. The maximum absolute atomic E-state index is 10.4. The van der Waals surface area contributed by atoms with E-state index in [0.717, 1.165) is 11.8 Å². The fourth-order valence-corrected chi connectivity index (χ4v) is 2.35. The van der Waals surface area contributed by atoms with Crippen molar-refractivity contribution < 1.29 is 4.79 Å². The summed E-state index contributed by atoms with van der Waals surface area (Å²) in [7, 11) is 0. The number of fused-ring (bicyclic) bond motifs is 3. The Labute approximate surface area is 105 Å². The highest BCUT2D eigenvalue weighted by molar-refractivity contribution is 6.09. The van der Waals surface area contributed by atoms with E-state index in [1.54, 1.807) is 0 Å². The highest BCUT2D eigenvalue weighted by atomic mass is 16.1. The maximum atomic E-state index is 10.4. The fourth-order valence-electron chi connectivity index (χ4n) is 2.35. The van der Waals surface area contributed by atoms with E-state index >= 15 is 0 Å². The predicted molar refractivity (Wildman–Crippen MR) is 76.6 cm³/mol. The Kier molecular flexibility index (Phi) is 2.66. The number of aldehydes is 1. The van der Waals surface area contributed by atoms with Crippen LogP contribution in [-0.2, 0) is 4.79 Å². The molecule has 0 aromatic heterocycles. The van der Waals surface area contributed by atoms with Gasteiger partial charge in [-0.05, 0) is 33.2 Å². The lowest BCUT2D eigenvalue weighted by molar-refractivity contribution is -0.104. The van der Waals surface area contributed by atoms with Gasteiger partial charge in [0.2, 0.25) is 0 Å². The van der Waals surface area contributed by atoms with Gasteiger partial charge in [0.1, 0.15) is 6.29 Å². The predicted octanol–water partition coefficient (Wildman–Crippen LogP) is 4.21. The van der Waals surface area contributed by atoms with Gasteiger partial charge in [-0.15, -0.1) is 0 Å². The fraction of sp³-hybridized carbons (Fsp3) is 0. The molecule has 0 aliphatic carbocycles. The Balaban J connectivity index is 2.39. The van der Waals surface area contributed by atoms with Gasteiger partial charge in [0.25, 0.3) is 0 Å². The standard InChI is InChI=1S/C17H12O/c18-12-4-7-13-6-3-9-17-15-8-2-1-5-14(15)10-11-16(13)17/h1-12H. The van der Waals surface area contributed by atoms with E-state index in [-0.39, 0.29) is 0 Å². The summed E-state index contributed by atoms with van der Waals surface area (Å²) in [4.78, 5) is 10.4. The van der Waals surface area contributed by atoms with Crippen LogP contribution in [0.1, 0.15) is 5.56 Å². The monoisotopic (exact) mass is 232 g/mol. The van der Waals surface area contributed by atoms with E-state index in [2.05, 4.69) is 36.4 Å². The summed E-state index contributed by atoms with van der Waals surface area (Å²) in [5.41, 5.74) is 1.07. The summed E-state index contributed by atoms with van der Waals surface area (Å²) < 4.78 is 0. The number of carbonyl (C=O) groups is 1. The van der Waals surface area contributed by atoms with Crippen molar-refractivity contribution in [3.63, 3.8) is 0 Å². The minimum atomic E-state index is 0.805. The molecule has 0 spiro atoms. The summed E-state index contributed by atoms with van der Waals surface area (Å²) >= 11 is 0. The normalized spacial score (nSPS) is 11.3. The highest BCUT2D eigenvalue weighted by Crippen LogP contribution is 2.27. The van der Waals surface area contributed by atoms with Gasteiger partial charge in [-0.1, -0.05) is 60.7 Å².